The molecule has 134 valence electrons. The van der Waals surface area contributed by atoms with Crippen LogP contribution in [0, 0.1) is 20.8 Å². The predicted molar refractivity (Wildman–Crippen MR) is 109 cm³/mol. The van der Waals surface area contributed by atoms with E-state index in [1.165, 1.54) is 16.7 Å². The van der Waals surface area contributed by atoms with Crippen molar-refractivity contribution in [2.75, 3.05) is 16.8 Å². The fourth-order valence-corrected chi connectivity index (χ4v) is 2.99. The summed E-state index contributed by atoms with van der Waals surface area (Å²) in [6, 6.07) is 18.8. The van der Waals surface area contributed by atoms with Gasteiger partial charge in [0.15, 0.2) is 0 Å². The molecule has 0 unspecified atom stereocenters. The van der Waals surface area contributed by atoms with E-state index in [9.17, 15) is 0 Å². The lowest BCUT2D eigenvalue weighted by atomic mass is 10.1. The number of hydrogen-bond donors (Lipinski definition) is 1. The minimum atomic E-state index is 0.727. The lowest BCUT2D eigenvalue weighted by Crippen LogP contribution is -2.20. The standard InChI is InChI=1S/C22H26N4/c1-5-26(20-12-8-9-16(2)13-20)22-24-18(4)14-21(25-22)23-15-19-11-7-6-10-17(19)3/h6-14H,5,15H2,1-4H3,(H,23,24,25). The van der Waals surface area contributed by atoms with Gasteiger partial charge in [-0.15, -0.1) is 0 Å². The Morgan fingerprint density at radius 2 is 1.73 bits per heavy atom. The summed E-state index contributed by atoms with van der Waals surface area (Å²) < 4.78 is 0. The summed E-state index contributed by atoms with van der Waals surface area (Å²) in [6.07, 6.45) is 0. The quantitative estimate of drug-likeness (QED) is 0.668. The second-order valence-electron chi connectivity index (χ2n) is 6.56. The zero-order valence-corrected chi connectivity index (χ0v) is 16.0. The molecule has 1 heterocycles. The largest absolute Gasteiger partial charge is 0.366 e. The van der Waals surface area contributed by atoms with Crippen LogP contribution in [0.3, 0.4) is 0 Å². The van der Waals surface area contributed by atoms with Gasteiger partial charge in [-0.2, -0.15) is 4.98 Å². The SMILES string of the molecule is CCN(c1cccc(C)c1)c1nc(C)cc(NCc2ccccc2C)n1. The van der Waals surface area contributed by atoms with Crippen LogP contribution in [-0.2, 0) is 6.54 Å². The maximum atomic E-state index is 4.76. The lowest BCUT2D eigenvalue weighted by Gasteiger charge is -2.22. The maximum Gasteiger partial charge on any atom is 0.232 e. The van der Waals surface area contributed by atoms with Gasteiger partial charge in [-0.25, -0.2) is 4.98 Å². The van der Waals surface area contributed by atoms with E-state index in [-0.39, 0.29) is 0 Å². The van der Waals surface area contributed by atoms with Gasteiger partial charge in [0.05, 0.1) is 0 Å². The molecule has 0 bridgehead atoms. The van der Waals surface area contributed by atoms with E-state index >= 15 is 0 Å². The highest BCUT2D eigenvalue weighted by Crippen LogP contribution is 2.24. The molecule has 0 atom stereocenters. The van der Waals surface area contributed by atoms with Crippen LogP contribution in [0.15, 0.2) is 54.6 Å². The molecule has 0 saturated carbocycles. The second-order valence-corrected chi connectivity index (χ2v) is 6.56. The number of hydrogen-bond acceptors (Lipinski definition) is 4. The van der Waals surface area contributed by atoms with Crippen molar-refractivity contribution in [3.8, 4) is 0 Å². The number of benzene rings is 2. The van der Waals surface area contributed by atoms with E-state index in [1.807, 2.05) is 13.0 Å². The molecule has 26 heavy (non-hydrogen) atoms. The van der Waals surface area contributed by atoms with Crippen molar-refractivity contribution in [1.82, 2.24) is 9.97 Å². The number of rotatable bonds is 6. The van der Waals surface area contributed by atoms with Gasteiger partial charge >= 0.3 is 0 Å². The fourth-order valence-electron chi connectivity index (χ4n) is 2.99. The number of aryl methyl sites for hydroxylation is 3. The Hall–Kier alpha value is -2.88. The third-order valence-electron chi connectivity index (χ3n) is 4.43. The van der Waals surface area contributed by atoms with Crippen LogP contribution in [-0.4, -0.2) is 16.5 Å². The van der Waals surface area contributed by atoms with Gasteiger partial charge in [0.25, 0.3) is 0 Å². The third kappa shape index (κ3) is 4.20. The summed E-state index contributed by atoms with van der Waals surface area (Å²) in [4.78, 5) is 11.6. The van der Waals surface area contributed by atoms with Crippen molar-refractivity contribution >= 4 is 17.5 Å². The first-order valence-corrected chi connectivity index (χ1v) is 9.05. The Bertz CT molecular complexity index is 889. The number of nitrogens with one attached hydrogen (secondary N) is 1. The zero-order chi connectivity index (χ0) is 18.5. The first-order chi connectivity index (χ1) is 12.6. The highest BCUT2D eigenvalue weighted by Gasteiger charge is 2.12. The third-order valence-corrected chi connectivity index (χ3v) is 4.43. The van der Waals surface area contributed by atoms with Crippen LogP contribution < -0.4 is 10.2 Å². The first kappa shape index (κ1) is 17.9. The van der Waals surface area contributed by atoms with Gasteiger partial charge < -0.3 is 10.2 Å². The van der Waals surface area contributed by atoms with Crippen LogP contribution in [0.5, 0.6) is 0 Å². The summed E-state index contributed by atoms with van der Waals surface area (Å²) in [6.45, 7) is 9.92. The highest BCUT2D eigenvalue weighted by atomic mass is 15.3. The molecule has 0 fully saturated rings. The molecular formula is C22H26N4. The van der Waals surface area contributed by atoms with Gasteiger partial charge in [-0.3, -0.25) is 0 Å². The van der Waals surface area contributed by atoms with Crippen LogP contribution in [0.1, 0.15) is 29.3 Å². The zero-order valence-electron chi connectivity index (χ0n) is 16.0. The average Bonchev–Trinajstić information content (AvgIpc) is 2.61. The molecule has 3 rings (SSSR count). The molecule has 2 aromatic carbocycles. The molecule has 1 N–H and O–H groups in total. The minimum absolute atomic E-state index is 0.727. The molecular weight excluding hydrogens is 320 g/mol. The van der Waals surface area contributed by atoms with Crippen molar-refractivity contribution in [3.63, 3.8) is 0 Å². The van der Waals surface area contributed by atoms with E-state index in [2.05, 4.69) is 84.5 Å². The number of aromatic nitrogens is 2. The average molecular weight is 346 g/mol. The Labute approximate surface area is 155 Å². The van der Waals surface area contributed by atoms with E-state index in [1.54, 1.807) is 0 Å². The van der Waals surface area contributed by atoms with Crippen LogP contribution >= 0.6 is 0 Å². The topological polar surface area (TPSA) is 41.1 Å². The van der Waals surface area contributed by atoms with Gasteiger partial charge in [0.1, 0.15) is 5.82 Å². The summed E-state index contributed by atoms with van der Waals surface area (Å²) in [7, 11) is 0. The maximum absolute atomic E-state index is 4.76. The molecule has 4 heteroatoms. The van der Waals surface area contributed by atoms with Crippen molar-refractivity contribution < 1.29 is 0 Å². The summed E-state index contributed by atoms with van der Waals surface area (Å²) in [5.74, 6) is 1.58. The lowest BCUT2D eigenvalue weighted by molar-refractivity contribution is 0.928. The van der Waals surface area contributed by atoms with E-state index in [0.717, 1.165) is 36.2 Å². The van der Waals surface area contributed by atoms with Crippen molar-refractivity contribution in [1.29, 1.82) is 0 Å². The van der Waals surface area contributed by atoms with Gasteiger partial charge in [0.2, 0.25) is 5.95 Å². The smallest absolute Gasteiger partial charge is 0.232 e. The highest BCUT2D eigenvalue weighted by molar-refractivity contribution is 5.59. The Morgan fingerprint density at radius 1 is 0.923 bits per heavy atom. The van der Waals surface area contributed by atoms with Crippen LogP contribution in [0.2, 0.25) is 0 Å². The van der Waals surface area contributed by atoms with Crippen LogP contribution in [0.4, 0.5) is 17.5 Å². The van der Waals surface area contributed by atoms with Crippen molar-refractivity contribution in [2.24, 2.45) is 0 Å². The van der Waals surface area contributed by atoms with Gasteiger partial charge in [0, 0.05) is 30.5 Å². The normalized spacial score (nSPS) is 10.6. The van der Waals surface area contributed by atoms with E-state index < -0.39 is 0 Å². The molecule has 0 aliphatic rings. The number of anilines is 3. The summed E-state index contributed by atoms with van der Waals surface area (Å²) >= 11 is 0. The Kier molecular flexibility index (Phi) is 5.52. The molecule has 1 aromatic heterocycles. The molecule has 3 aromatic rings. The van der Waals surface area contributed by atoms with Crippen LogP contribution in [0.25, 0.3) is 0 Å². The van der Waals surface area contributed by atoms with E-state index in [0.29, 0.717) is 0 Å². The number of nitrogens with zero attached hydrogens (tertiary/aromatic N) is 3. The molecule has 0 aliphatic carbocycles. The van der Waals surface area contributed by atoms with Crippen molar-refractivity contribution in [3.05, 3.63) is 77.0 Å². The monoisotopic (exact) mass is 346 g/mol. The minimum Gasteiger partial charge on any atom is -0.366 e. The fraction of sp³-hybridized carbons (Fsp3) is 0.273. The van der Waals surface area contributed by atoms with Crippen molar-refractivity contribution in [2.45, 2.75) is 34.2 Å². The van der Waals surface area contributed by atoms with Gasteiger partial charge in [-0.05, 0) is 56.5 Å². The molecule has 0 aliphatic heterocycles. The molecule has 0 spiro atoms. The second kappa shape index (κ2) is 8.00. The van der Waals surface area contributed by atoms with E-state index in [4.69, 9.17) is 4.98 Å². The van der Waals surface area contributed by atoms with Gasteiger partial charge in [-0.1, -0.05) is 36.4 Å². The predicted octanol–water partition coefficient (Wildman–Crippen LogP) is 5.17. The molecule has 0 saturated heterocycles. The molecule has 0 amide bonds. The summed E-state index contributed by atoms with van der Waals surface area (Å²) in [5.41, 5.74) is 5.85. The summed E-state index contributed by atoms with van der Waals surface area (Å²) in [5, 5.41) is 3.45. The Balaban J connectivity index is 1.85. The molecule has 0 radical (unpaired) electrons. The molecule has 4 nitrogen and oxygen atoms in total. The first-order valence-electron chi connectivity index (χ1n) is 9.05. The Morgan fingerprint density at radius 3 is 2.46 bits per heavy atom.